The monoisotopic (exact) mass is 278 g/mol. The normalized spacial score (nSPS) is 22.1. The van der Waals surface area contributed by atoms with Crippen molar-refractivity contribution in [2.24, 2.45) is 11.7 Å². The van der Waals surface area contributed by atoms with Crippen molar-refractivity contribution in [1.29, 1.82) is 0 Å². The first-order chi connectivity index (χ1) is 9.63. The van der Waals surface area contributed by atoms with Gasteiger partial charge in [-0.05, 0) is 37.8 Å². The van der Waals surface area contributed by atoms with Crippen LogP contribution in [-0.2, 0) is 4.79 Å². The molecule has 1 aromatic carbocycles. The fraction of sp³-hybridized carbons (Fsp3) is 0.533. The van der Waals surface area contributed by atoms with E-state index in [9.17, 15) is 4.79 Å². The summed E-state index contributed by atoms with van der Waals surface area (Å²) in [4.78, 5) is 12.3. The molecule has 1 aliphatic rings. The first kappa shape index (κ1) is 14.7. The first-order valence-corrected chi connectivity index (χ1v) is 6.92. The average Bonchev–Trinajstić information content (AvgIpc) is 2.47. The number of benzene rings is 1. The zero-order valence-corrected chi connectivity index (χ0v) is 12.0. The lowest BCUT2D eigenvalue weighted by Gasteiger charge is -2.25. The summed E-state index contributed by atoms with van der Waals surface area (Å²) in [5.41, 5.74) is 6.51. The third kappa shape index (κ3) is 3.42. The van der Waals surface area contributed by atoms with Gasteiger partial charge in [-0.1, -0.05) is 0 Å². The average molecular weight is 278 g/mol. The standard InChI is InChI=1S/C15H22N2O3/c1-19-12-7-8-14(20-2)13(9-12)17-15(18)10-3-5-11(16)6-4-10/h7-11H,3-6,16H2,1-2H3,(H,17,18). The molecule has 20 heavy (non-hydrogen) atoms. The number of amides is 1. The van der Waals surface area contributed by atoms with E-state index in [0.717, 1.165) is 25.7 Å². The Morgan fingerprint density at radius 2 is 1.90 bits per heavy atom. The van der Waals surface area contributed by atoms with Gasteiger partial charge in [-0.25, -0.2) is 0 Å². The van der Waals surface area contributed by atoms with Crippen LogP contribution >= 0.6 is 0 Å². The Morgan fingerprint density at radius 1 is 1.20 bits per heavy atom. The second-order valence-electron chi connectivity index (χ2n) is 5.17. The van der Waals surface area contributed by atoms with Crippen molar-refractivity contribution in [1.82, 2.24) is 0 Å². The van der Waals surface area contributed by atoms with Crippen molar-refractivity contribution in [2.75, 3.05) is 19.5 Å². The molecular weight excluding hydrogens is 256 g/mol. The predicted molar refractivity (Wildman–Crippen MR) is 78.1 cm³/mol. The zero-order valence-electron chi connectivity index (χ0n) is 12.0. The molecule has 0 aliphatic heterocycles. The zero-order chi connectivity index (χ0) is 14.5. The summed E-state index contributed by atoms with van der Waals surface area (Å²) in [7, 11) is 3.17. The maximum atomic E-state index is 12.3. The number of carbonyl (C=O) groups is 1. The van der Waals surface area contributed by atoms with Crippen LogP contribution in [0.4, 0.5) is 5.69 Å². The van der Waals surface area contributed by atoms with Crippen LogP contribution < -0.4 is 20.5 Å². The van der Waals surface area contributed by atoms with Gasteiger partial charge >= 0.3 is 0 Å². The van der Waals surface area contributed by atoms with E-state index in [4.69, 9.17) is 15.2 Å². The van der Waals surface area contributed by atoms with Gasteiger partial charge in [0.1, 0.15) is 11.5 Å². The third-order valence-electron chi connectivity index (χ3n) is 3.81. The van der Waals surface area contributed by atoms with Crippen LogP contribution in [0.2, 0.25) is 0 Å². The Kier molecular flexibility index (Phi) is 4.84. The number of ether oxygens (including phenoxy) is 2. The van der Waals surface area contributed by atoms with E-state index in [0.29, 0.717) is 17.2 Å². The topological polar surface area (TPSA) is 73.6 Å². The van der Waals surface area contributed by atoms with E-state index in [1.807, 2.05) is 0 Å². The van der Waals surface area contributed by atoms with Gasteiger partial charge in [0.25, 0.3) is 0 Å². The number of hydrogen-bond donors (Lipinski definition) is 2. The molecule has 0 spiro atoms. The van der Waals surface area contributed by atoms with Gasteiger partial charge in [0, 0.05) is 18.0 Å². The Morgan fingerprint density at radius 3 is 2.50 bits per heavy atom. The van der Waals surface area contributed by atoms with Crippen molar-refractivity contribution in [3.05, 3.63) is 18.2 Å². The van der Waals surface area contributed by atoms with Crippen LogP contribution in [0, 0.1) is 5.92 Å². The lowest BCUT2D eigenvalue weighted by Crippen LogP contribution is -2.32. The predicted octanol–water partition coefficient (Wildman–Crippen LogP) is 2.16. The molecule has 3 N–H and O–H groups in total. The van der Waals surface area contributed by atoms with Gasteiger partial charge in [-0.2, -0.15) is 0 Å². The SMILES string of the molecule is COc1ccc(OC)c(NC(=O)C2CCC(N)CC2)c1. The van der Waals surface area contributed by atoms with E-state index in [2.05, 4.69) is 5.32 Å². The van der Waals surface area contributed by atoms with Gasteiger partial charge in [-0.3, -0.25) is 4.79 Å². The van der Waals surface area contributed by atoms with Crippen molar-refractivity contribution < 1.29 is 14.3 Å². The number of anilines is 1. The maximum absolute atomic E-state index is 12.3. The lowest BCUT2D eigenvalue weighted by molar-refractivity contribution is -0.120. The maximum Gasteiger partial charge on any atom is 0.227 e. The summed E-state index contributed by atoms with van der Waals surface area (Å²) >= 11 is 0. The molecule has 1 fully saturated rings. The highest BCUT2D eigenvalue weighted by molar-refractivity contribution is 5.94. The van der Waals surface area contributed by atoms with Crippen molar-refractivity contribution in [3.8, 4) is 11.5 Å². The summed E-state index contributed by atoms with van der Waals surface area (Å²) in [5.74, 6) is 1.38. The Hall–Kier alpha value is -1.75. The van der Waals surface area contributed by atoms with E-state index in [1.165, 1.54) is 0 Å². The molecule has 0 bridgehead atoms. The molecule has 1 amide bonds. The largest absolute Gasteiger partial charge is 0.497 e. The van der Waals surface area contributed by atoms with Crippen LogP contribution in [0.3, 0.4) is 0 Å². The fourth-order valence-electron chi connectivity index (χ4n) is 2.53. The molecule has 1 saturated carbocycles. The molecule has 0 radical (unpaired) electrons. The van der Waals surface area contributed by atoms with E-state index >= 15 is 0 Å². The van der Waals surface area contributed by atoms with Gasteiger partial charge in [0.2, 0.25) is 5.91 Å². The van der Waals surface area contributed by atoms with Gasteiger partial charge < -0.3 is 20.5 Å². The smallest absolute Gasteiger partial charge is 0.227 e. The summed E-state index contributed by atoms with van der Waals surface area (Å²) in [6, 6.07) is 5.59. The number of hydrogen-bond acceptors (Lipinski definition) is 4. The quantitative estimate of drug-likeness (QED) is 0.885. The fourth-order valence-corrected chi connectivity index (χ4v) is 2.53. The van der Waals surface area contributed by atoms with Crippen LogP contribution in [0.5, 0.6) is 11.5 Å². The Bertz CT molecular complexity index is 468. The molecule has 5 heteroatoms. The molecule has 110 valence electrons. The van der Waals surface area contributed by atoms with Crippen LogP contribution in [-0.4, -0.2) is 26.2 Å². The Labute approximate surface area is 119 Å². The molecule has 0 aromatic heterocycles. The number of nitrogens with one attached hydrogen (secondary N) is 1. The minimum Gasteiger partial charge on any atom is -0.497 e. The third-order valence-corrected chi connectivity index (χ3v) is 3.81. The molecule has 0 unspecified atom stereocenters. The van der Waals surface area contributed by atoms with Crippen LogP contribution in [0.15, 0.2) is 18.2 Å². The minimum atomic E-state index is 0.0310. The molecule has 0 atom stereocenters. The summed E-state index contributed by atoms with van der Waals surface area (Å²) in [6.07, 6.45) is 3.51. The van der Waals surface area contributed by atoms with E-state index in [1.54, 1.807) is 32.4 Å². The first-order valence-electron chi connectivity index (χ1n) is 6.92. The molecule has 2 rings (SSSR count). The minimum absolute atomic E-state index is 0.0310. The number of methoxy groups -OCH3 is 2. The lowest BCUT2D eigenvalue weighted by atomic mass is 9.86. The van der Waals surface area contributed by atoms with Crippen molar-refractivity contribution in [3.63, 3.8) is 0 Å². The second-order valence-corrected chi connectivity index (χ2v) is 5.17. The van der Waals surface area contributed by atoms with Gasteiger partial charge in [0.15, 0.2) is 0 Å². The molecular formula is C15H22N2O3. The van der Waals surface area contributed by atoms with E-state index < -0.39 is 0 Å². The van der Waals surface area contributed by atoms with Crippen LogP contribution in [0.1, 0.15) is 25.7 Å². The Balaban J connectivity index is 2.06. The van der Waals surface area contributed by atoms with Gasteiger partial charge in [-0.15, -0.1) is 0 Å². The number of nitrogens with two attached hydrogens (primary N) is 1. The highest BCUT2D eigenvalue weighted by atomic mass is 16.5. The molecule has 5 nitrogen and oxygen atoms in total. The molecule has 1 aromatic rings. The summed E-state index contributed by atoms with van der Waals surface area (Å²) in [6.45, 7) is 0. The van der Waals surface area contributed by atoms with Gasteiger partial charge in [0.05, 0.1) is 19.9 Å². The summed E-state index contributed by atoms with van der Waals surface area (Å²) < 4.78 is 10.4. The molecule has 0 heterocycles. The van der Waals surface area contributed by atoms with E-state index in [-0.39, 0.29) is 17.9 Å². The second kappa shape index (κ2) is 6.61. The number of rotatable bonds is 4. The van der Waals surface area contributed by atoms with Crippen LogP contribution in [0.25, 0.3) is 0 Å². The number of carbonyl (C=O) groups excluding carboxylic acids is 1. The molecule has 0 saturated heterocycles. The van der Waals surface area contributed by atoms with Crippen molar-refractivity contribution in [2.45, 2.75) is 31.7 Å². The summed E-state index contributed by atoms with van der Waals surface area (Å²) in [5, 5.41) is 2.94. The molecule has 1 aliphatic carbocycles. The highest BCUT2D eigenvalue weighted by Crippen LogP contribution is 2.31. The highest BCUT2D eigenvalue weighted by Gasteiger charge is 2.25. The van der Waals surface area contributed by atoms with Crippen molar-refractivity contribution >= 4 is 11.6 Å².